The zero-order valence-corrected chi connectivity index (χ0v) is 13.1. The van der Waals surface area contributed by atoms with Crippen molar-refractivity contribution in [1.29, 1.82) is 0 Å². The molecule has 0 aliphatic heterocycles. The molecule has 0 radical (unpaired) electrons. The van der Waals surface area contributed by atoms with Crippen LogP contribution in [0.2, 0.25) is 0 Å². The first kappa shape index (κ1) is 14.9. The lowest BCUT2D eigenvalue weighted by Gasteiger charge is -2.19. The van der Waals surface area contributed by atoms with E-state index in [1.807, 2.05) is 13.0 Å². The van der Waals surface area contributed by atoms with Crippen LogP contribution >= 0.6 is 0 Å². The maximum absolute atomic E-state index is 12.2. The number of fused-ring (bicyclic) bond motifs is 1. The zero-order chi connectivity index (χ0) is 15.4. The summed E-state index contributed by atoms with van der Waals surface area (Å²) in [5.74, 6) is 1.05. The standard InChI is InChI=1S/C16H23N5O/c1-12-9-10-17-16-19-14(20-21(12)16)15(22)18-11-13-7-5-3-2-4-6-8-13/h9-10,13H,2-8,11H2,1H3,(H,18,22). The van der Waals surface area contributed by atoms with E-state index in [-0.39, 0.29) is 11.7 Å². The van der Waals surface area contributed by atoms with Crippen molar-refractivity contribution < 1.29 is 4.79 Å². The number of nitrogens with zero attached hydrogens (tertiary/aromatic N) is 4. The molecule has 0 spiro atoms. The monoisotopic (exact) mass is 301 g/mol. The molecule has 1 aliphatic carbocycles. The molecule has 1 saturated carbocycles. The number of aryl methyl sites for hydroxylation is 1. The molecule has 0 aromatic carbocycles. The second kappa shape index (κ2) is 6.85. The summed E-state index contributed by atoms with van der Waals surface area (Å²) in [6.45, 7) is 2.64. The molecule has 3 rings (SSSR count). The summed E-state index contributed by atoms with van der Waals surface area (Å²) in [6.07, 6.45) is 10.6. The van der Waals surface area contributed by atoms with Crippen molar-refractivity contribution in [3.63, 3.8) is 0 Å². The van der Waals surface area contributed by atoms with E-state index >= 15 is 0 Å². The van der Waals surface area contributed by atoms with Crippen LogP contribution in [0, 0.1) is 12.8 Å². The number of aromatic nitrogens is 4. The molecule has 0 bridgehead atoms. The van der Waals surface area contributed by atoms with Gasteiger partial charge in [-0.05, 0) is 31.7 Å². The molecule has 0 atom stereocenters. The Labute approximate surface area is 130 Å². The molecule has 118 valence electrons. The van der Waals surface area contributed by atoms with Gasteiger partial charge in [0.1, 0.15) is 0 Å². The van der Waals surface area contributed by atoms with E-state index in [2.05, 4.69) is 20.4 Å². The highest BCUT2D eigenvalue weighted by atomic mass is 16.2. The normalized spacial score (nSPS) is 17.1. The Bertz CT molecular complexity index is 643. The number of carbonyl (C=O) groups is 1. The van der Waals surface area contributed by atoms with Crippen molar-refractivity contribution in [2.75, 3.05) is 6.54 Å². The van der Waals surface area contributed by atoms with Gasteiger partial charge in [0.25, 0.3) is 11.7 Å². The zero-order valence-electron chi connectivity index (χ0n) is 13.1. The van der Waals surface area contributed by atoms with E-state index in [0.717, 1.165) is 12.2 Å². The Kier molecular flexibility index (Phi) is 4.65. The average molecular weight is 301 g/mol. The van der Waals surface area contributed by atoms with Gasteiger partial charge in [0, 0.05) is 18.4 Å². The third-order valence-electron chi connectivity index (χ3n) is 4.41. The predicted molar refractivity (Wildman–Crippen MR) is 83.7 cm³/mol. The van der Waals surface area contributed by atoms with Crippen LogP contribution < -0.4 is 5.32 Å². The molecule has 0 saturated heterocycles. The average Bonchev–Trinajstić information content (AvgIpc) is 2.91. The molecular formula is C16H23N5O. The van der Waals surface area contributed by atoms with Gasteiger partial charge in [-0.25, -0.2) is 9.50 Å². The van der Waals surface area contributed by atoms with Crippen molar-refractivity contribution in [3.8, 4) is 0 Å². The topological polar surface area (TPSA) is 72.2 Å². The second-order valence-corrected chi connectivity index (χ2v) is 6.15. The minimum Gasteiger partial charge on any atom is -0.349 e. The highest BCUT2D eigenvalue weighted by Gasteiger charge is 2.17. The number of hydrogen-bond acceptors (Lipinski definition) is 4. The predicted octanol–water partition coefficient (Wildman–Crippen LogP) is 2.52. The summed E-state index contributed by atoms with van der Waals surface area (Å²) < 4.78 is 1.60. The van der Waals surface area contributed by atoms with Crippen molar-refractivity contribution in [1.82, 2.24) is 24.9 Å². The molecule has 1 aliphatic rings. The SMILES string of the molecule is Cc1ccnc2nc(C(=O)NCC3CCCCCCC3)nn12. The molecule has 2 aromatic heterocycles. The van der Waals surface area contributed by atoms with Crippen molar-refractivity contribution in [3.05, 3.63) is 23.8 Å². The summed E-state index contributed by atoms with van der Waals surface area (Å²) in [6, 6.07) is 1.85. The first-order chi connectivity index (χ1) is 10.7. The fraction of sp³-hybridized carbons (Fsp3) is 0.625. The first-order valence-corrected chi connectivity index (χ1v) is 8.20. The van der Waals surface area contributed by atoms with Gasteiger partial charge < -0.3 is 5.32 Å². The largest absolute Gasteiger partial charge is 0.349 e. The number of rotatable bonds is 3. The lowest BCUT2D eigenvalue weighted by Crippen LogP contribution is -2.30. The Morgan fingerprint density at radius 1 is 1.27 bits per heavy atom. The van der Waals surface area contributed by atoms with Crippen LogP contribution in [-0.4, -0.2) is 32.0 Å². The molecule has 1 N–H and O–H groups in total. The fourth-order valence-corrected chi connectivity index (χ4v) is 3.06. The van der Waals surface area contributed by atoms with Gasteiger partial charge in [-0.2, -0.15) is 4.98 Å². The summed E-state index contributed by atoms with van der Waals surface area (Å²) in [7, 11) is 0. The Morgan fingerprint density at radius 3 is 2.73 bits per heavy atom. The minimum atomic E-state index is -0.202. The van der Waals surface area contributed by atoms with Gasteiger partial charge in [0.05, 0.1) is 0 Å². The molecule has 1 fully saturated rings. The highest BCUT2D eigenvalue weighted by Crippen LogP contribution is 2.21. The van der Waals surface area contributed by atoms with Gasteiger partial charge in [-0.15, -0.1) is 5.10 Å². The smallest absolute Gasteiger partial charge is 0.291 e. The van der Waals surface area contributed by atoms with E-state index in [1.54, 1.807) is 10.7 Å². The summed E-state index contributed by atoms with van der Waals surface area (Å²) in [5, 5.41) is 7.23. The molecular weight excluding hydrogens is 278 g/mol. The molecule has 22 heavy (non-hydrogen) atoms. The number of hydrogen-bond donors (Lipinski definition) is 1. The Hall–Kier alpha value is -1.98. The van der Waals surface area contributed by atoms with E-state index in [1.165, 1.54) is 44.9 Å². The Balaban J connectivity index is 1.61. The maximum atomic E-state index is 12.2. The number of amides is 1. The first-order valence-electron chi connectivity index (χ1n) is 8.20. The molecule has 1 amide bonds. The quantitative estimate of drug-likeness (QED) is 0.945. The van der Waals surface area contributed by atoms with Crippen LogP contribution in [0.1, 0.15) is 61.3 Å². The van der Waals surface area contributed by atoms with Crippen molar-refractivity contribution in [2.24, 2.45) is 5.92 Å². The molecule has 2 heterocycles. The third kappa shape index (κ3) is 3.43. The van der Waals surface area contributed by atoms with E-state index in [0.29, 0.717) is 11.7 Å². The van der Waals surface area contributed by atoms with Gasteiger partial charge in [-0.3, -0.25) is 4.79 Å². The van der Waals surface area contributed by atoms with Crippen LogP contribution in [0.5, 0.6) is 0 Å². The summed E-state index contributed by atoms with van der Waals surface area (Å²) in [4.78, 5) is 20.6. The lowest BCUT2D eigenvalue weighted by molar-refractivity contribution is 0.0934. The summed E-state index contributed by atoms with van der Waals surface area (Å²) >= 11 is 0. The van der Waals surface area contributed by atoms with E-state index in [9.17, 15) is 4.79 Å². The van der Waals surface area contributed by atoms with Crippen LogP contribution in [0.4, 0.5) is 0 Å². The van der Waals surface area contributed by atoms with E-state index < -0.39 is 0 Å². The van der Waals surface area contributed by atoms with Crippen LogP contribution in [0.15, 0.2) is 12.3 Å². The summed E-state index contributed by atoms with van der Waals surface area (Å²) in [5.41, 5.74) is 0.913. The van der Waals surface area contributed by atoms with Gasteiger partial charge in [0.2, 0.25) is 5.82 Å². The molecule has 6 nitrogen and oxygen atoms in total. The molecule has 0 unspecified atom stereocenters. The molecule has 2 aromatic rings. The lowest BCUT2D eigenvalue weighted by atomic mass is 9.91. The Morgan fingerprint density at radius 2 is 2.00 bits per heavy atom. The van der Waals surface area contributed by atoms with Crippen LogP contribution in [0.3, 0.4) is 0 Å². The third-order valence-corrected chi connectivity index (χ3v) is 4.41. The second-order valence-electron chi connectivity index (χ2n) is 6.15. The number of carbonyl (C=O) groups excluding carboxylic acids is 1. The van der Waals surface area contributed by atoms with Crippen molar-refractivity contribution >= 4 is 11.7 Å². The maximum Gasteiger partial charge on any atom is 0.291 e. The van der Waals surface area contributed by atoms with Gasteiger partial charge in [-0.1, -0.05) is 32.1 Å². The minimum absolute atomic E-state index is 0.202. The van der Waals surface area contributed by atoms with Gasteiger partial charge in [0.15, 0.2) is 0 Å². The van der Waals surface area contributed by atoms with Crippen LogP contribution in [-0.2, 0) is 0 Å². The van der Waals surface area contributed by atoms with Gasteiger partial charge >= 0.3 is 0 Å². The molecule has 6 heteroatoms. The fourth-order valence-electron chi connectivity index (χ4n) is 3.06. The van der Waals surface area contributed by atoms with E-state index in [4.69, 9.17) is 0 Å². The van der Waals surface area contributed by atoms with Crippen molar-refractivity contribution in [2.45, 2.75) is 51.9 Å². The number of nitrogens with one attached hydrogen (secondary N) is 1. The highest BCUT2D eigenvalue weighted by molar-refractivity contribution is 5.90. The van der Waals surface area contributed by atoms with Crippen LogP contribution in [0.25, 0.3) is 5.78 Å².